The van der Waals surface area contributed by atoms with Crippen LogP contribution in [0.15, 0.2) is 0 Å². The Morgan fingerprint density at radius 3 is 2.76 bits per heavy atom. The van der Waals surface area contributed by atoms with Crippen molar-refractivity contribution in [3.63, 3.8) is 0 Å². The van der Waals surface area contributed by atoms with E-state index in [0.29, 0.717) is 5.92 Å². The van der Waals surface area contributed by atoms with Gasteiger partial charge in [-0.25, -0.2) is 0 Å². The van der Waals surface area contributed by atoms with Crippen molar-refractivity contribution in [1.29, 1.82) is 0 Å². The summed E-state index contributed by atoms with van der Waals surface area (Å²) in [7, 11) is 0. The second-order valence-electron chi connectivity index (χ2n) is 4.48. The third-order valence-corrected chi connectivity index (χ3v) is 3.92. The third-order valence-electron chi connectivity index (χ3n) is 2.74. The van der Waals surface area contributed by atoms with E-state index in [9.17, 15) is 0 Å². The summed E-state index contributed by atoms with van der Waals surface area (Å²) in [5.41, 5.74) is 0. The van der Waals surface area contributed by atoms with Crippen LogP contribution in [0.5, 0.6) is 0 Å². The first-order chi connectivity index (χ1) is 8.25. The highest BCUT2D eigenvalue weighted by Gasteiger charge is 2.10. The lowest BCUT2D eigenvalue weighted by molar-refractivity contribution is 0.0398. The van der Waals surface area contributed by atoms with Crippen LogP contribution in [0.25, 0.3) is 0 Å². The zero-order chi connectivity index (χ0) is 12.1. The van der Waals surface area contributed by atoms with Gasteiger partial charge in [0.2, 0.25) is 5.13 Å². The summed E-state index contributed by atoms with van der Waals surface area (Å²) in [6, 6.07) is 0. The molecule has 1 aromatic rings. The average molecular weight is 256 g/mol. The van der Waals surface area contributed by atoms with Gasteiger partial charge < -0.3 is 10.1 Å². The van der Waals surface area contributed by atoms with Crippen LogP contribution >= 0.6 is 11.3 Å². The molecule has 6 heteroatoms. The first-order valence-electron chi connectivity index (χ1n) is 6.13. The van der Waals surface area contributed by atoms with Crippen molar-refractivity contribution in [3.05, 3.63) is 5.01 Å². The molecule has 0 atom stereocenters. The summed E-state index contributed by atoms with van der Waals surface area (Å²) < 4.78 is 5.31. The normalized spacial score (nSPS) is 17.6. The molecule has 1 fully saturated rings. The summed E-state index contributed by atoms with van der Waals surface area (Å²) in [4.78, 5) is 2.40. The van der Waals surface area contributed by atoms with Gasteiger partial charge in [0.25, 0.3) is 0 Å². The van der Waals surface area contributed by atoms with E-state index in [4.69, 9.17) is 4.74 Å². The first kappa shape index (κ1) is 12.7. The molecule has 5 nitrogen and oxygen atoms in total. The largest absolute Gasteiger partial charge is 0.379 e. The van der Waals surface area contributed by atoms with Gasteiger partial charge in [0.1, 0.15) is 5.01 Å². The van der Waals surface area contributed by atoms with Crippen LogP contribution in [0.2, 0.25) is 0 Å². The van der Waals surface area contributed by atoms with Crippen molar-refractivity contribution >= 4 is 16.5 Å². The zero-order valence-corrected chi connectivity index (χ0v) is 11.3. The summed E-state index contributed by atoms with van der Waals surface area (Å²) in [6.45, 7) is 10.0. The van der Waals surface area contributed by atoms with Gasteiger partial charge >= 0.3 is 0 Å². The summed E-state index contributed by atoms with van der Waals surface area (Å²) >= 11 is 1.65. The van der Waals surface area contributed by atoms with Crippen molar-refractivity contribution in [2.75, 3.05) is 44.7 Å². The van der Waals surface area contributed by atoms with Gasteiger partial charge in [0.05, 0.1) is 13.2 Å². The standard InChI is InChI=1S/C11H20N4OS/c1-9(2)10-13-14-11(17-10)12-3-4-15-5-7-16-8-6-15/h9H,3-8H2,1-2H3,(H,12,14). The second-order valence-corrected chi connectivity index (χ2v) is 5.49. The lowest BCUT2D eigenvalue weighted by Gasteiger charge is -2.26. The number of hydrogen-bond donors (Lipinski definition) is 1. The number of rotatable bonds is 5. The molecule has 1 saturated heterocycles. The van der Waals surface area contributed by atoms with Crippen molar-refractivity contribution < 1.29 is 4.74 Å². The predicted molar refractivity (Wildman–Crippen MR) is 69.7 cm³/mol. The van der Waals surface area contributed by atoms with E-state index in [1.54, 1.807) is 11.3 Å². The SMILES string of the molecule is CC(C)c1nnc(NCCN2CCOCC2)s1. The molecule has 96 valence electrons. The number of hydrogen-bond acceptors (Lipinski definition) is 6. The summed E-state index contributed by atoms with van der Waals surface area (Å²) in [5, 5.41) is 13.6. The molecule has 0 amide bonds. The monoisotopic (exact) mass is 256 g/mol. The van der Waals surface area contributed by atoms with Gasteiger partial charge in [-0.3, -0.25) is 4.90 Å². The Kier molecular flexibility index (Phi) is 4.70. The maximum absolute atomic E-state index is 5.31. The molecule has 0 saturated carbocycles. The first-order valence-corrected chi connectivity index (χ1v) is 6.94. The maximum Gasteiger partial charge on any atom is 0.205 e. The molecule has 0 aliphatic carbocycles. The van der Waals surface area contributed by atoms with Gasteiger partial charge in [0.15, 0.2) is 0 Å². The fraction of sp³-hybridized carbons (Fsp3) is 0.818. The van der Waals surface area contributed by atoms with E-state index < -0.39 is 0 Å². The molecule has 0 bridgehead atoms. The van der Waals surface area contributed by atoms with E-state index in [-0.39, 0.29) is 0 Å². The van der Waals surface area contributed by atoms with Crippen molar-refractivity contribution in [1.82, 2.24) is 15.1 Å². The number of morpholine rings is 1. The quantitative estimate of drug-likeness (QED) is 0.863. The van der Waals surface area contributed by atoms with Crippen LogP contribution in [-0.2, 0) is 4.74 Å². The van der Waals surface area contributed by atoms with Gasteiger partial charge in [-0.05, 0) is 0 Å². The minimum absolute atomic E-state index is 0.460. The second kappa shape index (κ2) is 6.28. The predicted octanol–water partition coefficient (Wildman–Crippen LogP) is 1.41. The van der Waals surface area contributed by atoms with Crippen LogP contribution in [0, 0.1) is 0 Å². The van der Waals surface area contributed by atoms with Crippen LogP contribution in [0.1, 0.15) is 24.8 Å². The molecular weight excluding hydrogens is 236 g/mol. The summed E-state index contributed by atoms with van der Waals surface area (Å²) in [6.07, 6.45) is 0. The molecule has 0 spiro atoms. The van der Waals surface area contributed by atoms with Gasteiger partial charge in [-0.2, -0.15) is 0 Å². The molecule has 0 radical (unpaired) electrons. The van der Waals surface area contributed by atoms with Crippen molar-refractivity contribution in [2.45, 2.75) is 19.8 Å². The molecule has 1 aliphatic rings. The minimum atomic E-state index is 0.460. The Labute approximate surface area is 106 Å². The fourth-order valence-corrected chi connectivity index (χ4v) is 2.46. The molecular formula is C11H20N4OS. The number of nitrogens with zero attached hydrogens (tertiary/aromatic N) is 3. The molecule has 1 aliphatic heterocycles. The molecule has 1 N–H and O–H groups in total. The van der Waals surface area contributed by atoms with E-state index in [1.165, 1.54) is 0 Å². The molecule has 2 rings (SSSR count). The van der Waals surface area contributed by atoms with E-state index in [2.05, 4.69) is 34.3 Å². The van der Waals surface area contributed by atoms with Crippen LogP contribution < -0.4 is 5.32 Å². The Balaban J connectivity index is 1.70. The molecule has 1 aromatic heterocycles. The fourth-order valence-electron chi connectivity index (χ4n) is 1.69. The Morgan fingerprint density at radius 1 is 1.35 bits per heavy atom. The zero-order valence-electron chi connectivity index (χ0n) is 10.5. The van der Waals surface area contributed by atoms with Crippen LogP contribution in [0.4, 0.5) is 5.13 Å². The van der Waals surface area contributed by atoms with Gasteiger partial charge in [-0.15, -0.1) is 10.2 Å². The molecule has 17 heavy (non-hydrogen) atoms. The lowest BCUT2D eigenvalue weighted by atomic mass is 10.2. The highest BCUT2D eigenvalue weighted by molar-refractivity contribution is 7.15. The van der Waals surface area contributed by atoms with Crippen LogP contribution in [0.3, 0.4) is 0 Å². The van der Waals surface area contributed by atoms with Gasteiger partial charge in [0, 0.05) is 32.1 Å². The van der Waals surface area contributed by atoms with Crippen LogP contribution in [-0.4, -0.2) is 54.5 Å². The van der Waals surface area contributed by atoms with Crippen molar-refractivity contribution in [3.8, 4) is 0 Å². The Hall–Kier alpha value is -0.720. The number of ether oxygens (including phenoxy) is 1. The van der Waals surface area contributed by atoms with E-state index >= 15 is 0 Å². The van der Waals surface area contributed by atoms with E-state index in [1.807, 2.05) is 0 Å². The third kappa shape index (κ3) is 3.90. The minimum Gasteiger partial charge on any atom is -0.379 e. The molecule has 0 aromatic carbocycles. The molecule has 0 unspecified atom stereocenters. The average Bonchev–Trinajstić information content (AvgIpc) is 2.79. The number of anilines is 1. The highest BCUT2D eigenvalue weighted by Crippen LogP contribution is 2.21. The maximum atomic E-state index is 5.31. The Morgan fingerprint density at radius 2 is 2.12 bits per heavy atom. The van der Waals surface area contributed by atoms with Gasteiger partial charge in [-0.1, -0.05) is 25.2 Å². The molecule has 2 heterocycles. The lowest BCUT2D eigenvalue weighted by Crippen LogP contribution is -2.38. The Bertz CT molecular complexity index is 336. The smallest absolute Gasteiger partial charge is 0.205 e. The van der Waals surface area contributed by atoms with E-state index in [0.717, 1.165) is 49.5 Å². The number of aromatic nitrogens is 2. The highest BCUT2D eigenvalue weighted by atomic mass is 32.1. The van der Waals surface area contributed by atoms with Crippen molar-refractivity contribution in [2.24, 2.45) is 0 Å². The topological polar surface area (TPSA) is 50.3 Å². The number of nitrogens with one attached hydrogen (secondary N) is 1. The summed E-state index contributed by atoms with van der Waals surface area (Å²) in [5.74, 6) is 0.460.